The fraction of sp³-hybridized carbons (Fsp3) is 0.294. The van der Waals surface area contributed by atoms with E-state index in [9.17, 15) is 22.0 Å². The van der Waals surface area contributed by atoms with Crippen LogP contribution in [0.5, 0.6) is 11.5 Å². The Balaban J connectivity index is 1.85. The van der Waals surface area contributed by atoms with E-state index in [1.165, 1.54) is 18.2 Å². The van der Waals surface area contributed by atoms with Crippen LogP contribution in [0.1, 0.15) is 29.5 Å². The number of fused-ring (bicyclic) bond motifs is 1. The van der Waals surface area contributed by atoms with Gasteiger partial charge >= 0.3 is 6.11 Å². The third kappa shape index (κ3) is 3.29. The number of benzene rings is 2. The predicted octanol–water partition coefficient (Wildman–Crippen LogP) is 5.24. The summed E-state index contributed by atoms with van der Waals surface area (Å²) in [6, 6.07) is 5.84. The number of halogens is 5. The highest BCUT2D eigenvalue weighted by atomic mass is 19.3. The van der Waals surface area contributed by atoms with Crippen molar-refractivity contribution < 1.29 is 31.4 Å². The zero-order valence-corrected chi connectivity index (χ0v) is 12.6. The van der Waals surface area contributed by atoms with Crippen molar-refractivity contribution in [3.05, 3.63) is 58.7 Å². The molecule has 24 heavy (non-hydrogen) atoms. The van der Waals surface area contributed by atoms with Crippen molar-refractivity contribution in [2.45, 2.75) is 32.2 Å². The van der Waals surface area contributed by atoms with Crippen LogP contribution in [0.15, 0.2) is 30.3 Å². The average molecular weight is 344 g/mol. The van der Waals surface area contributed by atoms with Gasteiger partial charge in [0, 0.05) is 11.6 Å². The number of rotatable bonds is 3. The molecule has 0 amide bonds. The molecule has 0 aliphatic carbocycles. The first kappa shape index (κ1) is 16.5. The van der Waals surface area contributed by atoms with Crippen LogP contribution in [0.25, 0.3) is 0 Å². The molecule has 0 radical (unpaired) electrons. The molecular formula is C17H13F5O2. The van der Waals surface area contributed by atoms with Crippen LogP contribution in [-0.2, 0) is 6.42 Å². The SMILES string of the molecule is Cc1ccc(C(F)Oc2cc(F)c3c(c2)CCC(F)(F)O3)c(F)c1. The molecule has 1 atom stereocenters. The molecule has 2 aromatic rings. The molecule has 2 nitrogen and oxygen atoms in total. The first-order valence-electron chi connectivity index (χ1n) is 7.21. The first-order chi connectivity index (χ1) is 11.2. The highest BCUT2D eigenvalue weighted by Crippen LogP contribution is 2.40. The average Bonchev–Trinajstić information content (AvgIpc) is 2.47. The van der Waals surface area contributed by atoms with E-state index >= 15 is 0 Å². The van der Waals surface area contributed by atoms with Crippen molar-refractivity contribution in [1.82, 2.24) is 0 Å². The maximum absolute atomic E-state index is 14.2. The van der Waals surface area contributed by atoms with Crippen molar-refractivity contribution in [2.75, 3.05) is 0 Å². The van der Waals surface area contributed by atoms with E-state index < -0.39 is 36.3 Å². The van der Waals surface area contributed by atoms with Gasteiger partial charge in [0.2, 0.25) is 0 Å². The van der Waals surface area contributed by atoms with Gasteiger partial charge in [-0.3, -0.25) is 0 Å². The molecule has 0 aromatic heterocycles. The molecule has 0 bridgehead atoms. The minimum Gasteiger partial charge on any atom is -0.456 e. The molecule has 3 rings (SSSR count). The van der Waals surface area contributed by atoms with Gasteiger partial charge in [-0.25, -0.2) is 8.78 Å². The minimum atomic E-state index is -3.44. The fourth-order valence-electron chi connectivity index (χ4n) is 2.47. The lowest BCUT2D eigenvalue weighted by molar-refractivity contribution is -0.188. The topological polar surface area (TPSA) is 18.5 Å². The van der Waals surface area contributed by atoms with Gasteiger partial charge in [0.15, 0.2) is 11.6 Å². The summed E-state index contributed by atoms with van der Waals surface area (Å²) in [6.07, 6.45) is -6.36. The molecular weight excluding hydrogens is 331 g/mol. The molecule has 1 unspecified atom stereocenters. The van der Waals surface area contributed by atoms with Gasteiger partial charge in [0.25, 0.3) is 6.36 Å². The third-order valence-corrected chi connectivity index (χ3v) is 3.67. The molecule has 1 aliphatic heterocycles. The lowest BCUT2D eigenvalue weighted by Gasteiger charge is -2.26. The zero-order valence-electron chi connectivity index (χ0n) is 12.6. The molecule has 7 heteroatoms. The van der Waals surface area contributed by atoms with Gasteiger partial charge in [-0.15, -0.1) is 0 Å². The molecule has 1 heterocycles. The Morgan fingerprint density at radius 2 is 1.88 bits per heavy atom. The summed E-state index contributed by atoms with van der Waals surface area (Å²) in [5.74, 6) is -2.68. The molecule has 0 saturated carbocycles. The molecule has 0 N–H and O–H groups in total. The Hall–Kier alpha value is -2.31. The summed E-state index contributed by atoms with van der Waals surface area (Å²) < 4.78 is 77.4. The molecule has 2 aromatic carbocycles. The van der Waals surface area contributed by atoms with E-state index in [0.717, 1.165) is 12.1 Å². The van der Waals surface area contributed by atoms with Gasteiger partial charge < -0.3 is 9.47 Å². The summed E-state index contributed by atoms with van der Waals surface area (Å²) in [6.45, 7) is 1.65. The van der Waals surface area contributed by atoms with Crippen molar-refractivity contribution in [3.63, 3.8) is 0 Å². The van der Waals surface area contributed by atoms with Gasteiger partial charge in [0.05, 0.1) is 12.0 Å². The van der Waals surface area contributed by atoms with E-state index in [1.807, 2.05) is 0 Å². The predicted molar refractivity (Wildman–Crippen MR) is 75.9 cm³/mol. The largest absolute Gasteiger partial charge is 0.456 e. The first-order valence-corrected chi connectivity index (χ1v) is 7.21. The van der Waals surface area contributed by atoms with Crippen LogP contribution in [0.2, 0.25) is 0 Å². The van der Waals surface area contributed by atoms with E-state index in [1.54, 1.807) is 6.92 Å². The van der Waals surface area contributed by atoms with Gasteiger partial charge in [-0.05, 0) is 37.1 Å². The monoisotopic (exact) mass is 344 g/mol. The summed E-state index contributed by atoms with van der Waals surface area (Å²) in [5, 5.41) is 0. The molecule has 1 aliphatic rings. The van der Waals surface area contributed by atoms with E-state index in [4.69, 9.17) is 4.74 Å². The van der Waals surface area contributed by atoms with Gasteiger partial charge in [-0.2, -0.15) is 13.2 Å². The molecule has 0 saturated heterocycles. The number of alkyl halides is 3. The fourth-order valence-corrected chi connectivity index (χ4v) is 2.47. The van der Waals surface area contributed by atoms with Crippen molar-refractivity contribution >= 4 is 0 Å². The lowest BCUT2D eigenvalue weighted by Crippen LogP contribution is -2.30. The summed E-state index contributed by atoms with van der Waals surface area (Å²) in [4.78, 5) is 0. The van der Waals surface area contributed by atoms with E-state index in [2.05, 4.69) is 4.74 Å². The molecule has 0 fully saturated rings. The van der Waals surface area contributed by atoms with Crippen LogP contribution in [0.4, 0.5) is 22.0 Å². The van der Waals surface area contributed by atoms with E-state index in [-0.39, 0.29) is 23.3 Å². The van der Waals surface area contributed by atoms with Gasteiger partial charge in [0.1, 0.15) is 11.6 Å². The highest BCUT2D eigenvalue weighted by molar-refractivity contribution is 5.43. The number of hydrogen-bond acceptors (Lipinski definition) is 2. The van der Waals surface area contributed by atoms with Crippen molar-refractivity contribution in [2.24, 2.45) is 0 Å². The van der Waals surface area contributed by atoms with Gasteiger partial charge in [-0.1, -0.05) is 6.07 Å². The maximum atomic E-state index is 14.2. The van der Waals surface area contributed by atoms with Crippen LogP contribution in [0, 0.1) is 18.6 Å². The third-order valence-electron chi connectivity index (χ3n) is 3.67. The smallest absolute Gasteiger partial charge is 0.398 e. The van der Waals surface area contributed by atoms with Crippen LogP contribution < -0.4 is 9.47 Å². The maximum Gasteiger partial charge on any atom is 0.398 e. The Morgan fingerprint density at radius 1 is 1.12 bits per heavy atom. The lowest BCUT2D eigenvalue weighted by atomic mass is 10.0. The molecule has 128 valence electrons. The van der Waals surface area contributed by atoms with E-state index in [0.29, 0.717) is 5.56 Å². The zero-order chi connectivity index (χ0) is 17.5. The second kappa shape index (κ2) is 5.96. The minimum absolute atomic E-state index is 0.146. The second-order valence-corrected chi connectivity index (χ2v) is 5.59. The van der Waals surface area contributed by atoms with Crippen LogP contribution >= 0.6 is 0 Å². The Morgan fingerprint density at radius 3 is 2.58 bits per heavy atom. The summed E-state index contributed by atoms with van der Waals surface area (Å²) in [5.41, 5.74) is 0.426. The summed E-state index contributed by atoms with van der Waals surface area (Å²) >= 11 is 0. The Kier molecular flexibility index (Phi) is 4.11. The summed E-state index contributed by atoms with van der Waals surface area (Å²) in [7, 11) is 0. The number of ether oxygens (including phenoxy) is 2. The highest BCUT2D eigenvalue weighted by Gasteiger charge is 2.38. The normalized spacial score (nSPS) is 16.9. The second-order valence-electron chi connectivity index (χ2n) is 5.59. The Labute approximate surface area is 134 Å². The standard InChI is InChI=1S/C17H13F5O2/c1-9-2-3-12(13(18)6-9)16(20)23-11-7-10-4-5-17(21,22)24-15(10)14(19)8-11/h2-3,6-8,16H,4-5H2,1H3. The quantitative estimate of drug-likeness (QED) is 0.709. The number of aryl methyl sites for hydroxylation is 2. The Bertz CT molecular complexity index is 776. The number of hydrogen-bond donors (Lipinski definition) is 0. The van der Waals surface area contributed by atoms with Crippen LogP contribution in [-0.4, -0.2) is 6.11 Å². The van der Waals surface area contributed by atoms with Crippen molar-refractivity contribution in [1.29, 1.82) is 0 Å². The van der Waals surface area contributed by atoms with Crippen molar-refractivity contribution in [3.8, 4) is 11.5 Å². The van der Waals surface area contributed by atoms with Crippen LogP contribution in [0.3, 0.4) is 0 Å². The molecule has 0 spiro atoms.